The summed E-state index contributed by atoms with van der Waals surface area (Å²) in [5.74, 6) is 0.148. The summed E-state index contributed by atoms with van der Waals surface area (Å²) >= 11 is 0. The van der Waals surface area contributed by atoms with Crippen LogP contribution in [0.2, 0.25) is 0 Å². The molecule has 0 atom stereocenters. The van der Waals surface area contributed by atoms with Crippen LogP contribution in [-0.2, 0) is 0 Å². The van der Waals surface area contributed by atoms with E-state index in [0.717, 1.165) is 12.8 Å². The number of aromatic nitrogens is 4. The van der Waals surface area contributed by atoms with E-state index in [1.54, 1.807) is 36.7 Å². The molecule has 0 radical (unpaired) electrons. The Morgan fingerprint density at radius 1 is 1.21 bits per heavy atom. The third-order valence-corrected chi connectivity index (χ3v) is 4.44. The highest BCUT2D eigenvalue weighted by molar-refractivity contribution is 6.03. The van der Waals surface area contributed by atoms with Crippen molar-refractivity contribution in [2.24, 2.45) is 0 Å². The summed E-state index contributed by atoms with van der Waals surface area (Å²) in [5.41, 5.74) is 0.137. The molecule has 0 saturated heterocycles. The van der Waals surface area contributed by atoms with Crippen molar-refractivity contribution in [2.75, 3.05) is 5.32 Å². The number of carbonyl (C=O) groups excluding carboxylic acids is 1. The maximum absolute atomic E-state index is 12.5. The molecule has 1 aliphatic rings. The number of hydrogen-bond donors (Lipinski definition) is 1. The Hall–Kier alpha value is -2.96. The van der Waals surface area contributed by atoms with E-state index in [1.165, 1.54) is 23.4 Å². The molecule has 0 bridgehead atoms. The molecule has 122 valence electrons. The van der Waals surface area contributed by atoms with Crippen molar-refractivity contribution >= 4 is 17.4 Å². The molecule has 3 aromatic heterocycles. The molecule has 0 unspecified atom stereocenters. The predicted octanol–water partition coefficient (Wildman–Crippen LogP) is 2.26. The van der Waals surface area contributed by atoms with Crippen molar-refractivity contribution in [1.82, 2.24) is 19.2 Å². The number of carbonyl (C=O) groups is 1. The Morgan fingerprint density at radius 2 is 2.04 bits per heavy atom. The molecule has 1 fully saturated rings. The Labute approximate surface area is 138 Å². The topological polar surface area (TPSA) is 81.3 Å². The molecule has 1 saturated carbocycles. The Morgan fingerprint density at radius 3 is 2.88 bits per heavy atom. The van der Waals surface area contributed by atoms with Gasteiger partial charge in [-0.15, -0.1) is 0 Å². The molecule has 1 N–H and O–H groups in total. The minimum Gasteiger partial charge on any atom is -0.307 e. The summed E-state index contributed by atoms with van der Waals surface area (Å²) in [7, 11) is 0. The minimum atomic E-state index is -0.467. The Balaban J connectivity index is 1.65. The first kappa shape index (κ1) is 14.6. The van der Waals surface area contributed by atoms with Gasteiger partial charge in [-0.05, 0) is 25.0 Å². The lowest BCUT2D eigenvalue weighted by Gasteiger charge is -2.14. The van der Waals surface area contributed by atoms with Gasteiger partial charge in [-0.2, -0.15) is 5.10 Å². The largest absolute Gasteiger partial charge is 0.307 e. The first-order valence-electron chi connectivity index (χ1n) is 8.05. The van der Waals surface area contributed by atoms with Gasteiger partial charge in [0.1, 0.15) is 17.0 Å². The fourth-order valence-corrected chi connectivity index (χ4v) is 3.22. The van der Waals surface area contributed by atoms with Gasteiger partial charge in [-0.3, -0.25) is 14.0 Å². The number of amides is 1. The van der Waals surface area contributed by atoms with E-state index in [9.17, 15) is 9.59 Å². The fourth-order valence-electron chi connectivity index (χ4n) is 3.22. The number of nitrogens with zero attached hydrogens (tertiary/aromatic N) is 4. The number of hydrogen-bond acceptors (Lipinski definition) is 4. The van der Waals surface area contributed by atoms with E-state index >= 15 is 0 Å². The van der Waals surface area contributed by atoms with Crippen LogP contribution in [0.1, 0.15) is 42.1 Å². The molecule has 24 heavy (non-hydrogen) atoms. The van der Waals surface area contributed by atoms with Crippen LogP contribution < -0.4 is 10.9 Å². The van der Waals surface area contributed by atoms with Crippen molar-refractivity contribution in [1.29, 1.82) is 0 Å². The standard InChI is InChI=1S/C17H17N5O2/c23-16(13-11-18-14-7-3-4-10-21(14)17(13)24)20-15-8-9-19-22(15)12-5-1-2-6-12/h3-4,7-12H,1-2,5-6H2,(H,20,23). The first-order valence-corrected chi connectivity index (χ1v) is 8.05. The quantitative estimate of drug-likeness (QED) is 0.801. The zero-order valence-corrected chi connectivity index (χ0v) is 13.1. The first-order chi connectivity index (χ1) is 11.7. The molecule has 3 aromatic rings. The normalized spacial score (nSPS) is 15.0. The van der Waals surface area contributed by atoms with Crippen molar-refractivity contribution in [3.05, 3.63) is 58.8 Å². The van der Waals surface area contributed by atoms with E-state index in [1.807, 2.05) is 4.68 Å². The highest BCUT2D eigenvalue weighted by atomic mass is 16.2. The van der Waals surface area contributed by atoms with Gasteiger partial charge in [0, 0.05) is 18.5 Å². The smallest absolute Gasteiger partial charge is 0.270 e. The van der Waals surface area contributed by atoms with Gasteiger partial charge in [-0.1, -0.05) is 18.9 Å². The van der Waals surface area contributed by atoms with Gasteiger partial charge in [0.25, 0.3) is 11.5 Å². The second kappa shape index (κ2) is 5.92. The molecular weight excluding hydrogens is 306 g/mol. The zero-order chi connectivity index (χ0) is 16.5. The van der Waals surface area contributed by atoms with Gasteiger partial charge in [0.05, 0.1) is 12.2 Å². The molecule has 1 aliphatic carbocycles. The monoisotopic (exact) mass is 323 g/mol. The highest BCUT2D eigenvalue weighted by Crippen LogP contribution is 2.31. The van der Waals surface area contributed by atoms with Crippen molar-refractivity contribution in [3.63, 3.8) is 0 Å². The minimum absolute atomic E-state index is 0.0119. The SMILES string of the molecule is O=C(Nc1ccnn1C1CCCC1)c1cnc2ccccn2c1=O. The summed E-state index contributed by atoms with van der Waals surface area (Å²) in [5, 5.41) is 7.12. The van der Waals surface area contributed by atoms with Crippen molar-refractivity contribution < 1.29 is 4.79 Å². The third kappa shape index (κ3) is 2.47. The Bertz CT molecular complexity index is 953. The molecule has 7 nitrogen and oxygen atoms in total. The summed E-state index contributed by atoms with van der Waals surface area (Å²) in [4.78, 5) is 29.2. The van der Waals surface area contributed by atoms with Crippen molar-refractivity contribution in [3.8, 4) is 0 Å². The molecule has 0 spiro atoms. The second-order valence-electron chi connectivity index (χ2n) is 5.96. The number of rotatable bonds is 3. The van der Waals surface area contributed by atoms with Gasteiger partial charge in [0.2, 0.25) is 0 Å². The molecule has 1 amide bonds. The van der Waals surface area contributed by atoms with E-state index in [4.69, 9.17) is 0 Å². The molecule has 0 aliphatic heterocycles. The maximum Gasteiger partial charge on any atom is 0.270 e. The van der Waals surface area contributed by atoms with Crippen LogP contribution in [0.15, 0.2) is 47.7 Å². The van der Waals surface area contributed by atoms with E-state index in [0.29, 0.717) is 17.5 Å². The van der Waals surface area contributed by atoms with E-state index in [2.05, 4.69) is 15.4 Å². The van der Waals surface area contributed by atoms with Crippen molar-refractivity contribution in [2.45, 2.75) is 31.7 Å². The van der Waals surface area contributed by atoms with E-state index < -0.39 is 5.91 Å². The number of anilines is 1. The lowest BCUT2D eigenvalue weighted by atomic mass is 10.2. The van der Waals surface area contributed by atoms with Crippen LogP contribution >= 0.6 is 0 Å². The third-order valence-electron chi connectivity index (χ3n) is 4.44. The van der Waals surface area contributed by atoms with Gasteiger partial charge in [-0.25, -0.2) is 9.67 Å². The summed E-state index contributed by atoms with van der Waals surface area (Å²) in [6.07, 6.45) is 9.06. The number of nitrogens with one attached hydrogen (secondary N) is 1. The second-order valence-corrected chi connectivity index (χ2v) is 5.96. The number of pyridine rings is 1. The average Bonchev–Trinajstić information content (AvgIpc) is 3.26. The zero-order valence-electron chi connectivity index (χ0n) is 13.1. The van der Waals surface area contributed by atoms with Gasteiger partial charge < -0.3 is 5.32 Å². The van der Waals surface area contributed by atoms with Crippen LogP contribution in [0.4, 0.5) is 5.82 Å². The lowest BCUT2D eigenvalue weighted by molar-refractivity contribution is 0.102. The summed E-state index contributed by atoms with van der Waals surface area (Å²) in [6.45, 7) is 0. The van der Waals surface area contributed by atoms with Crippen LogP contribution in [0, 0.1) is 0 Å². The predicted molar refractivity (Wildman–Crippen MR) is 89.1 cm³/mol. The van der Waals surface area contributed by atoms with Crippen LogP contribution in [0.5, 0.6) is 0 Å². The molecule has 0 aromatic carbocycles. The lowest BCUT2D eigenvalue weighted by Crippen LogP contribution is -2.27. The molecule has 4 rings (SSSR count). The molecule has 3 heterocycles. The average molecular weight is 323 g/mol. The highest BCUT2D eigenvalue weighted by Gasteiger charge is 2.21. The Kier molecular flexibility index (Phi) is 3.60. The van der Waals surface area contributed by atoms with Crippen LogP contribution in [-0.4, -0.2) is 25.1 Å². The molecule has 7 heteroatoms. The van der Waals surface area contributed by atoms with Crippen LogP contribution in [0.25, 0.3) is 5.65 Å². The molecular formula is C17H17N5O2. The summed E-state index contributed by atoms with van der Waals surface area (Å²) in [6, 6.07) is 7.31. The number of fused-ring (bicyclic) bond motifs is 1. The van der Waals surface area contributed by atoms with Gasteiger partial charge in [0.15, 0.2) is 0 Å². The van der Waals surface area contributed by atoms with Crippen LogP contribution in [0.3, 0.4) is 0 Å². The fraction of sp³-hybridized carbons (Fsp3) is 0.294. The van der Waals surface area contributed by atoms with Gasteiger partial charge >= 0.3 is 0 Å². The maximum atomic E-state index is 12.5. The summed E-state index contributed by atoms with van der Waals surface area (Å²) < 4.78 is 3.21. The van der Waals surface area contributed by atoms with E-state index in [-0.39, 0.29) is 11.1 Å².